The molecule has 226 valence electrons. The van der Waals surface area contributed by atoms with E-state index in [9.17, 15) is 32.3 Å². The molecule has 0 saturated carbocycles. The molecule has 4 aromatic rings. The van der Waals surface area contributed by atoms with Gasteiger partial charge in [0.2, 0.25) is 11.8 Å². The van der Waals surface area contributed by atoms with E-state index in [1.807, 2.05) is 13.0 Å². The number of alkyl halides is 3. The van der Waals surface area contributed by atoms with E-state index < -0.39 is 63.7 Å². The van der Waals surface area contributed by atoms with Crippen molar-refractivity contribution in [2.75, 3.05) is 16.8 Å². The normalized spacial score (nSPS) is 19.5. The van der Waals surface area contributed by atoms with Gasteiger partial charge < -0.3 is 15.0 Å². The number of thiazole rings is 1. The molecular weight excluding hydrogens is 639 g/mol. The molecule has 2 aliphatic rings. The molecule has 0 aliphatic carbocycles. The van der Waals surface area contributed by atoms with Crippen LogP contribution in [-0.4, -0.2) is 34.6 Å². The summed E-state index contributed by atoms with van der Waals surface area (Å²) >= 11 is 8.11. The first-order valence-corrected chi connectivity index (χ1v) is 15.2. The van der Waals surface area contributed by atoms with E-state index in [2.05, 4.69) is 10.3 Å². The number of para-hydroxylation sites is 1. The number of H-pyrrole nitrogens is 1. The third-order valence-corrected chi connectivity index (χ3v) is 9.88. The van der Waals surface area contributed by atoms with Gasteiger partial charge in [-0.05, 0) is 55.0 Å². The van der Waals surface area contributed by atoms with E-state index in [0.29, 0.717) is 26.1 Å². The number of hydrogen-bond acceptors (Lipinski definition) is 7. The number of imide groups is 1. The van der Waals surface area contributed by atoms with Gasteiger partial charge in [0, 0.05) is 27.1 Å². The fraction of sp³-hybridized carbons (Fsp3) is 0.200. The van der Waals surface area contributed by atoms with Gasteiger partial charge in [0.1, 0.15) is 11.0 Å². The van der Waals surface area contributed by atoms with Crippen molar-refractivity contribution in [2.45, 2.75) is 29.3 Å². The molecule has 0 spiro atoms. The third kappa shape index (κ3) is 5.51. The Morgan fingerprint density at radius 3 is 2.57 bits per heavy atom. The lowest BCUT2D eigenvalue weighted by molar-refractivity contribution is -0.137. The number of benzene rings is 3. The summed E-state index contributed by atoms with van der Waals surface area (Å²) in [7, 11) is 0. The minimum atomic E-state index is -4.83. The van der Waals surface area contributed by atoms with Crippen LogP contribution in [0.5, 0.6) is 5.75 Å². The Morgan fingerprint density at radius 2 is 1.82 bits per heavy atom. The second kappa shape index (κ2) is 11.5. The summed E-state index contributed by atoms with van der Waals surface area (Å²) in [6, 6.07) is 16.1. The lowest BCUT2D eigenvalue weighted by atomic mass is 9.82. The van der Waals surface area contributed by atoms with Crippen molar-refractivity contribution in [1.29, 1.82) is 0 Å². The molecule has 0 unspecified atom stereocenters. The fourth-order valence-corrected chi connectivity index (χ4v) is 8.14. The topological polar surface area (TPSA) is 109 Å². The highest BCUT2D eigenvalue weighted by Crippen LogP contribution is 2.55. The molecule has 2 aliphatic heterocycles. The minimum absolute atomic E-state index is 0.158. The summed E-state index contributed by atoms with van der Waals surface area (Å²) < 4.78 is 47.7. The molecule has 0 radical (unpaired) electrons. The number of aryl methyl sites for hydroxylation is 1. The van der Waals surface area contributed by atoms with E-state index in [-0.39, 0.29) is 10.8 Å². The predicted octanol–water partition coefficient (Wildman–Crippen LogP) is 6.23. The zero-order valence-corrected chi connectivity index (χ0v) is 25.0. The second-order valence-corrected chi connectivity index (χ2v) is 12.8. The van der Waals surface area contributed by atoms with Crippen LogP contribution in [0.15, 0.2) is 76.6 Å². The average molecular weight is 660 g/mol. The maximum atomic E-state index is 14.0. The predicted molar refractivity (Wildman–Crippen MR) is 161 cm³/mol. The van der Waals surface area contributed by atoms with Crippen molar-refractivity contribution < 1.29 is 32.3 Å². The molecule has 0 bridgehead atoms. The van der Waals surface area contributed by atoms with Crippen LogP contribution in [0.1, 0.15) is 27.5 Å². The first-order chi connectivity index (χ1) is 20.9. The van der Waals surface area contributed by atoms with Crippen molar-refractivity contribution in [3.8, 4) is 5.75 Å². The summed E-state index contributed by atoms with van der Waals surface area (Å²) in [5.41, 5.74) is 0.114. The Labute approximate surface area is 261 Å². The number of hydrogen-bond donors (Lipinski definition) is 2. The summed E-state index contributed by atoms with van der Waals surface area (Å²) in [5.74, 6) is -4.20. The van der Waals surface area contributed by atoms with E-state index in [4.69, 9.17) is 16.3 Å². The molecule has 6 rings (SSSR count). The van der Waals surface area contributed by atoms with Gasteiger partial charge >= 0.3 is 11.0 Å². The molecule has 1 fully saturated rings. The Kier molecular flexibility index (Phi) is 7.80. The van der Waals surface area contributed by atoms with Crippen LogP contribution in [0, 0.1) is 12.8 Å². The number of fused-ring (bicyclic) bond motifs is 2. The van der Waals surface area contributed by atoms with Crippen molar-refractivity contribution in [1.82, 2.24) is 4.98 Å². The van der Waals surface area contributed by atoms with Gasteiger partial charge in [-0.25, -0.2) is 4.90 Å². The average Bonchev–Trinajstić information content (AvgIpc) is 3.45. The Hall–Kier alpha value is -4.07. The van der Waals surface area contributed by atoms with Crippen molar-refractivity contribution in [3.05, 3.63) is 103 Å². The number of aromatic nitrogens is 1. The summed E-state index contributed by atoms with van der Waals surface area (Å²) in [6.07, 6.45) is -4.83. The molecule has 3 aromatic carbocycles. The Balaban J connectivity index is 1.39. The summed E-state index contributed by atoms with van der Waals surface area (Å²) in [5, 5.41) is 2.15. The number of ether oxygens (including phenoxy) is 1. The highest BCUT2D eigenvalue weighted by atomic mass is 35.5. The SMILES string of the molecule is Cc1cccc(NC(=O)COc2ccc(Cl)cc2[C@@H]2c3sc(=O)[nH]c3S[C@H]3C(=O)N(c4ccccc4C(F)(F)F)C(=O)[C@@H]23)c1. The molecule has 1 aromatic heterocycles. The molecule has 8 nitrogen and oxygen atoms in total. The molecule has 3 amide bonds. The molecule has 3 atom stereocenters. The summed E-state index contributed by atoms with van der Waals surface area (Å²) in [4.78, 5) is 56.1. The first-order valence-electron chi connectivity index (χ1n) is 13.1. The molecule has 44 heavy (non-hydrogen) atoms. The number of carbonyl (C=O) groups is 3. The van der Waals surface area contributed by atoms with E-state index in [0.717, 1.165) is 40.8 Å². The van der Waals surface area contributed by atoms with Crippen molar-refractivity contribution in [2.24, 2.45) is 5.92 Å². The first kappa shape index (κ1) is 30.0. The zero-order chi connectivity index (χ0) is 31.3. The monoisotopic (exact) mass is 659 g/mol. The van der Waals surface area contributed by atoms with Gasteiger partial charge in [0.05, 0.1) is 22.2 Å². The van der Waals surface area contributed by atoms with Gasteiger partial charge in [-0.2, -0.15) is 13.2 Å². The number of rotatable bonds is 6. The van der Waals surface area contributed by atoms with Crippen LogP contribution >= 0.6 is 34.7 Å². The van der Waals surface area contributed by atoms with E-state index >= 15 is 0 Å². The summed E-state index contributed by atoms with van der Waals surface area (Å²) in [6.45, 7) is 1.45. The van der Waals surface area contributed by atoms with E-state index in [1.54, 1.807) is 18.2 Å². The number of aromatic amines is 1. The standard InChI is InChI=1S/C30H21ClF3N3O5S2/c1-14-5-4-6-16(11-14)35-21(38)13-42-20-10-9-15(31)12-17(20)22-23-25(43-26-24(22)44-29(41)36-26)28(40)37(27(23)39)19-8-3-2-7-18(19)30(32,33)34/h2-12,22-23,25H,13H2,1H3,(H,35,38)(H,36,41)/t22-,23-,25+/m0/s1. The van der Waals surface area contributed by atoms with Crippen LogP contribution in [0.2, 0.25) is 5.02 Å². The van der Waals surface area contributed by atoms with Gasteiger partial charge in [0.25, 0.3) is 5.91 Å². The number of anilines is 2. The van der Waals surface area contributed by atoms with Crippen LogP contribution in [-0.2, 0) is 20.6 Å². The van der Waals surface area contributed by atoms with E-state index in [1.165, 1.54) is 30.3 Å². The Morgan fingerprint density at radius 1 is 1.05 bits per heavy atom. The number of amides is 3. The quantitative estimate of drug-likeness (QED) is 0.238. The molecule has 1 saturated heterocycles. The highest BCUT2D eigenvalue weighted by Gasteiger charge is 2.57. The molecular formula is C30H21ClF3N3O5S2. The lowest BCUT2D eigenvalue weighted by Crippen LogP contribution is -2.33. The maximum absolute atomic E-state index is 14.0. The largest absolute Gasteiger partial charge is 0.483 e. The van der Waals surface area contributed by atoms with Crippen molar-refractivity contribution >= 4 is 63.8 Å². The number of halogens is 4. The van der Waals surface area contributed by atoms with Crippen LogP contribution in [0.4, 0.5) is 24.5 Å². The second-order valence-electron chi connectivity index (χ2n) is 10.2. The number of nitrogens with one attached hydrogen (secondary N) is 2. The third-order valence-electron chi connectivity index (χ3n) is 7.24. The van der Waals surface area contributed by atoms with Crippen LogP contribution in [0.25, 0.3) is 0 Å². The maximum Gasteiger partial charge on any atom is 0.418 e. The lowest BCUT2D eigenvalue weighted by Gasteiger charge is -2.31. The van der Waals surface area contributed by atoms with Gasteiger partial charge in [0.15, 0.2) is 6.61 Å². The highest BCUT2D eigenvalue weighted by molar-refractivity contribution is 8.00. The molecule has 14 heteroatoms. The van der Waals surface area contributed by atoms with Crippen molar-refractivity contribution in [3.63, 3.8) is 0 Å². The van der Waals surface area contributed by atoms with Crippen LogP contribution in [0.3, 0.4) is 0 Å². The van der Waals surface area contributed by atoms with Gasteiger partial charge in [-0.1, -0.05) is 59.0 Å². The fourth-order valence-electron chi connectivity index (χ4n) is 5.45. The number of thioether (sulfide) groups is 1. The van der Waals surface area contributed by atoms with Gasteiger partial charge in [-0.15, -0.1) is 0 Å². The number of carbonyl (C=O) groups excluding carboxylic acids is 3. The van der Waals surface area contributed by atoms with Gasteiger partial charge in [-0.3, -0.25) is 19.2 Å². The molecule has 2 N–H and O–H groups in total. The van der Waals surface area contributed by atoms with Crippen LogP contribution < -0.4 is 19.8 Å². The molecule has 3 heterocycles. The Bertz CT molecular complexity index is 1870. The smallest absolute Gasteiger partial charge is 0.418 e. The minimum Gasteiger partial charge on any atom is -0.483 e. The number of nitrogens with zero attached hydrogens (tertiary/aromatic N) is 1. The zero-order valence-electron chi connectivity index (χ0n) is 22.6.